The third kappa shape index (κ3) is 2.77. The van der Waals surface area contributed by atoms with Crippen molar-refractivity contribution in [1.29, 1.82) is 0 Å². The van der Waals surface area contributed by atoms with E-state index in [2.05, 4.69) is 10.1 Å². The van der Waals surface area contributed by atoms with Crippen molar-refractivity contribution in [2.24, 2.45) is 5.73 Å². The van der Waals surface area contributed by atoms with Gasteiger partial charge in [0, 0.05) is 25.2 Å². The molecule has 2 N–H and O–H groups in total. The summed E-state index contributed by atoms with van der Waals surface area (Å²) in [6.45, 7) is 6.20. The van der Waals surface area contributed by atoms with Crippen LogP contribution in [0.25, 0.3) is 0 Å². The van der Waals surface area contributed by atoms with Crippen LogP contribution >= 0.6 is 0 Å². The molecular formula is C10H17N3O2. The molecular weight excluding hydrogens is 194 g/mol. The predicted octanol–water partition coefficient (Wildman–Crippen LogP) is 0.526. The molecule has 0 saturated carbocycles. The molecule has 1 aliphatic rings. The van der Waals surface area contributed by atoms with Crippen LogP contribution in [-0.4, -0.2) is 36.4 Å². The van der Waals surface area contributed by atoms with Crippen molar-refractivity contribution in [1.82, 2.24) is 10.1 Å². The van der Waals surface area contributed by atoms with E-state index in [-0.39, 0.29) is 6.04 Å². The van der Waals surface area contributed by atoms with E-state index in [0.29, 0.717) is 0 Å². The van der Waals surface area contributed by atoms with Gasteiger partial charge in [0.05, 0.1) is 19.8 Å². The van der Waals surface area contributed by atoms with Gasteiger partial charge >= 0.3 is 0 Å². The average molecular weight is 211 g/mol. The Morgan fingerprint density at radius 1 is 1.53 bits per heavy atom. The van der Waals surface area contributed by atoms with Gasteiger partial charge in [-0.05, 0) is 6.92 Å². The summed E-state index contributed by atoms with van der Waals surface area (Å²) < 4.78 is 10.5. The molecule has 1 atom stereocenters. The normalized spacial score (nSPS) is 20.4. The summed E-state index contributed by atoms with van der Waals surface area (Å²) in [4.78, 5) is 2.29. The van der Waals surface area contributed by atoms with Gasteiger partial charge in [0.2, 0.25) is 0 Å². The van der Waals surface area contributed by atoms with Crippen LogP contribution in [0.15, 0.2) is 10.6 Å². The molecule has 2 heterocycles. The first-order valence-electron chi connectivity index (χ1n) is 5.27. The van der Waals surface area contributed by atoms with Crippen LogP contribution in [0.2, 0.25) is 0 Å². The highest BCUT2D eigenvalue weighted by Crippen LogP contribution is 2.12. The molecule has 1 aliphatic heterocycles. The van der Waals surface area contributed by atoms with Crippen LogP contribution in [-0.2, 0) is 11.3 Å². The van der Waals surface area contributed by atoms with E-state index in [0.717, 1.165) is 44.3 Å². The summed E-state index contributed by atoms with van der Waals surface area (Å²) in [6.07, 6.45) is 0. The Kier molecular flexibility index (Phi) is 3.35. The molecule has 0 radical (unpaired) electrons. The van der Waals surface area contributed by atoms with Gasteiger partial charge in [-0.1, -0.05) is 5.16 Å². The van der Waals surface area contributed by atoms with Crippen molar-refractivity contribution in [2.75, 3.05) is 26.3 Å². The highest BCUT2D eigenvalue weighted by atomic mass is 16.5. The fourth-order valence-electron chi connectivity index (χ4n) is 1.60. The zero-order valence-corrected chi connectivity index (χ0v) is 8.98. The van der Waals surface area contributed by atoms with E-state index in [4.69, 9.17) is 15.0 Å². The molecule has 0 bridgehead atoms. The van der Waals surface area contributed by atoms with Crippen molar-refractivity contribution >= 4 is 0 Å². The fraction of sp³-hybridized carbons (Fsp3) is 0.700. The van der Waals surface area contributed by atoms with E-state index in [1.165, 1.54) is 0 Å². The topological polar surface area (TPSA) is 64.5 Å². The van der Waals surface area contributed by atoms with Crippen LogP contribution in [0.5, 0.6) is 0 Å². The number of hydrogen-bond acceptors (Lipinski definition) is 5. The molecule has 2 rings (SSSR count). The Morgan fingerprint density at radius 3 is 2.87 bits per heavy atom. The van der Waals surface area contributed by atoms with Gasteiger partial charge in [-0.2, -0.15) is 0 Å². The molecule has 15 heavy (non-hydrogen) atoms. The Bertz CT molecular complexity index is 305. The van der Waals surface area contributed by atoms with Crippen LogP contribution in [0.4, 0.5) is 0 Å². The number of aromatic nitrogens is 1. The maximum atomic E-state index is 5.70. The lowest BCUT2D eigenvalue weighted by molar-refractivity contribution is 0.0305. The van der Waals surface area contributed by atoms with Gasteiger partial charge in [0.25, 0.3) is 0 Å². The highest BCUT2D eigenvalue weighted by molar-refractivity contribution is 5.08. The maximum absolute atomic E-state index is 5.70. The van der Waals surface area contributed by atoms with Crippen molar-refractivity contribution in [3.05, 3.63) is 17.5 Å². The summed E-state index contributed by atoms with van der Waals surface area (Å²) in [5.41, 5.74) is 6.52. The fourth-order valence-corrected chi connectivity index (χ4v) is 1.60. The predicted molar refractivity (Wildman–Crippen MR) is 55.2 cm³/mol. The standard InChI is InChI=1S/C10H17N3O2/c1-8(11)10-6-9(15-12-10)7-13-2-4-14-5-3-13/h6,8H,2-5,7,11H2,1H3/t8-/m1/s1. The molecule has 0 unspecified atom stereocenters. The number of hydrogen-bond donors (Lipinski definition) is 1. The Morgan fingerprint density at radius 2 is 2.27 bits per heavy atom. The van der Waals surface area contributed by atoms with E-state index in [1.807, 2.05) is 13.0 Å². The molecule has 84 valence electrons. The minimum atomic E-state index is -0.0628. The van der Waals surface area contributed by atoms with Gasteiger partial charge in [-0.25, -0.2) is 0 Å². The van der Waals surface area contributed by atoms with Crippen molar-refractivity contribution < 1.29 is 9.26 Å². The molecule has 1 aromatic heterocycles. The summed E-state index contributed by atoms with van der Waals surface area (Å²) in [5, 5.41) is 3.92. The van der Waals surface area contributed by atoms with Crippen LogP contribution < -0.4 is 5.73 Å². The Balaban J connectivity index is 1.91. The molecule has 0 aromatic carbocycles. The summed E-state index contributed by atoms with van der Waals surface area (Å²) in [6, 6.07) is 1.87. The van der Waals surface area contributed by atoms with Crippen molar-refractivity contribution in [3.63, 3.8) is 0 Å². The third-order valence-corrected chi connectivity index (χ3v) is 2.53. The van der Waals surface area contributed by atoms with Crippen molar-refractivity contribution in [3.8, 4) is 0 Å². The summed E-state index contributed by atoms with van der Waals surface area (Å²) in [7, 11) is 0. The summed E-state index contributed by atoms with van der Waals surface area (Å²) in [5.74, 6) is 0.879. The first kappa shape index (κ1) is 10.6. The first-order chi connectivity index (χ1) is 7.25. The van der Waals surface area contributed by atoms with Gasteiger partial charge in [-0.15, -0.1) is 0 Å². The molecule has 5 nitrogen and oxygen atoms in total. The average Bonchev–Trinajstić information content (AvgIpc) is 2.68. The van der Waals surface area contributed by atoms with Gasteiger partial charge in [0.15, 0.2) is 5.76 Å². The molecule has 1 saturated heterocycles. The second-order valence-electron chi connectivity index (χ2n) is 3.90. The van der Waals surface area contributed by atoms with E-state index in [9.17, 15) is 0 Å². The molecule has 1 aromatic rings. The second-order valence-corrected chi connectivity index (χ2v) is 3.90. The number of ether oxygens (including phenoxy) is 1. The van der Waals surface area contributed by atoms with E-state index < -0.39 is 0 Å². The van der Waals surface area contributed by atoms with E-state index >= 15 is 0 Å². The minimum absolute atomic E-state index is 0.0628. The van der Waals surface area contributed by atoms with Gasteiger partial charge in [0.1, 0.15) is 5.69 Å². The minimum Gasteiger partial charge on any atom is -0.379 e. The van der Waals surface area contributed by atoms with Crippen LogP contribution in [0.3, 0.4) is 0 Å². The smallest absolute Gasteiger partial charge is 0.151 e. The Labute approximate surface area is 89.2 Å². The van der Waals surface area contributed by atoms with Crippen LogP contribution in [0.1, 0.15) is 24.4 Å². The lowest BCUT2D eigenvalue weighted by atomic mass is 10.2. The lowest BCUT2D eigenvalue weighted by Crippen LogP contribution is -2.35. The third-order valence-electron chi connectivity index (χ3n) is 2.53. The Hall–Kier alpha value is -0.910. The largest absolute Gasteiger partial charge is 0.379 e. The zero-order valence-electron chi connectivity index (χ0n) is 8.98. The molecule has 0 amide bonds. The summed E-state index contributed by atoms with van der Waals surface area (Å²) >= 11 is 0. The number of morpholine rings is 1. The molecule has 0 spiro atoms. The number of nitrogens with zero attached hydrogens (tertiary/aromatic N) is 2. The quantitative estimate of drug-likeness (QED) is 0.790. The van der Waals surface area contributed by atoms with Crippen LogP contribution in [0, 0.1) is 0 Å². The zero-order chi connectivity index (χ0) is 10.7. The molecule has 1 fully saturated rings. The number of nitrogens with two attached hydrogens (primary N) is 1. The van der Waals surface area contributed by atoms with Gasteiger partial charge in [-0.3, -0.25) is 4.90 Å². The molecule has 5 heteroatoms. The monoisotopic (exact) mass is 211 g/mol. The maximum Gasteiger partial charge on any atom is 0.151 e. The second kappa shape index (κ2) is 4.74. The first-order valence-corrected chi connectivity index (χ1v) is 5.27. The van der Waals surface area contributed by atoms with E-state index in [1.54, 1.807) is 0 Å². The van der Waals surface area contributed by atoms with Crippen molar-refractivity contribution in [2.45, 2.75) is 19.5 Å². The van der Waals surface area contributed by atoms with Gasteiger partial charge < -0.3 is 15.0 Å². The molecule has 0 aliphatic carbocycles. The highest BCUT2D eigenvalue weighted by Gasteiger charge is 2.14. The lowest BCUT2D eigenvalue weighted by Gasteiger charge is -2.25. The SMILES string of the molecule is C[C@@H](N)c1cc(CN2CCOCC2)on1. The number of rotatable bonds is 3.